The van der Waals surface area contributed by atoms with Crippen LogP contribution in [0.4, 0.5) is 5.82 Å². The van der Waals surface area contributed by atoms with Gasteiger partial charge in [-0.15, -0.1) is 0 Å². The van der Waals surface area contributed by atoms with E-state index in [-0.39, 0.29) is 5.91 Å². The predicted molar refractivity (Wildman–Crippen MR) is 107 cm³/mol. The number of nitrogens with one attached hydrogen (secondary N) is 1. The number of hydrogen-bond donors (Lipinski definition) is 1. The van der Waals surface area contributed by atoms with E-state index in [0.717, 1.165) is 16.8 Å². The number of halogens is 1. The Morgan fingerprint density at radius 3 is 2.41 bits per heavy atom. The van der Waals surface area contributed by atoms with Crippen LogP contribution in [0.1, 0.15) is 15.9 Å². The number of carbonyl (C=O) groups is 1. The van der Waals surface area contributed by atoms with E-state index >= 15 is 0 Å². The molecule has 0 fully saturated rings. The quantitative estimate of drug-likeness (QED) is 0.553. The van der Waals surface area contributed by atoms with Gasteiger partial charge in [-0.3, -0.25) is 4.79 Å². The van der Waals surface area contributed by atoms with Crippen molar-refractivity contribution < 1.29 is 4.79 Å². The average Bonchev–Trinajstić information content (AvgIpc) is 2.69. The molecule has 2 heterocycles. The first-order valence-corrected chi connectivity index (χ1v) is 8.74. The number of fused-ring (bicyclic) bond motifs is 1. The van der Waals surface area contributed by atoms with Crippen LogP contribution < -0.4 is 5.32 Å². The summed E-state index contributed by atoms with van der Waals surface area (Å²) in [6.45, 7) is 1.97. The zero-order chi connectivity index (χ0) is 18.8. The topological polar surface area (TPSA) is 67.8 Å². The van der Waals surface area contributed by atoms with E-state index in [9.17, 15) is 4.79 Å². The van der Waals surface area contributed by atoms with Gasteiger partial charge in [0.1, 0.15) is 11.8 Å². The molecule has 0 aliphatic heterocycles. The summed E-state index contributed by atoms with van der Waals surface area (Å²) < 4.78 is 0. The van der Waals surface area contributed by atoms with Crippen LogP contribution in [0.3, 0.4) is 0 Å². The van der Waals surface area contributed by atoms with E-state index in [1.165, 1.54) is 6.33 Å². The summed E-state index contributed by atoms with van der Waals surface area (Å²) in [4.78, 5) is 25.6. The highest BCUT2D eigenvalue weighted by molar-refractivity contribution is 6.30. The minimum Gasteiger partial charge on any atom is -0.305 e. The van der Waals surface area contributed by atoms with Crippen molar-refractivity contribution in [3.05, 3.63) is 83.1 Å². The molecule has 4 aromatic rings. The molecule has 6 heteroatoms. The molecule has 0 spiro atoms. The third kappa shape index (κ3) is 3.64. The molecule has 5 nitrogen and oxygen atoms in total. The standard InChI is InChI=1S/C21H15ClN4O/c1-13-2-4-15(5-3-13)21(27)26-20-19-18(23-12-24-20)11-10-17(25-19)14-6-8-16(22)9-7-14/h2-12H,1H3,(H,23,24,26,27). The van der Waals surface area contributed by atoms with Gasteiger partial charge < -0.3 is 5.32 Å². The van der Waals surface area contributed by atoms with Gasteiger partial charge in [-0.05, 0) is 43.3 Å². The maximum atomic E-state index is 12.5. The largest absolute Gasteiger partial charge is 0.305 e. The number of hydrogen-bond acceptors (Lipinski definition) is 4. The van der Waals surface area contributed by atoms with Crippen molar-refractivity contribution in [2.45, 2.75) is 6.92 Å². The Bertz CT molecular complexity index is 1130. The third-order valence-electron chi connectivity index (χ3n) is 4.17. The summed E-state index contributed by atoms with van der Waals surface area (Å²) in [7, 11) is 0. The summed E-state index contributed by atoms with van der Waals surface area (Å²) in [5.74, 6) is 0.134. The second-order valence-corrected chi connectivity index (χ2v) is 6.55. The normalized spacial score (nSPS) is 10.7. The van der Waals surface area contributed by atoms with Crippen LogP contribution in [0.5, 0.6) is 0 Å². The molecule has 0 bridgehead atoms. The zero-order valence-electron chi connectivity index (χ0n) is 14.5. The lowest BCUT2D eigenvalue weighted by molar-refractivity contribution is 0.102. The Kier molecular flexibility index (Phi) is 4.52. The Morgan fingerprint density at radius 2 is 1.67 bits per heavy atom. The first-order valence-electron chi connectivity index (χ1n) is 8.36. The van der Waals surface area contributed by atoms with Crippen molar-refractivity contribution in [1.29, 1.82) is 0 Å². The fourth-order valence-corrected chi connectivity index (χ4v) is 2.82. The monoisotopic (exact) mass is 374 g/mol. The number of anilines is 1. The molecule has 132 valence electrons. The number of pyridine rings is 1. The van der Waals surface area contributed by atoms with E-state index in [4.69, 9.17) is 11.6 Å². The molecule has 0 unspecified atom stereocenters. The zero-order valence-corrected chi connectivity index (χ0v) is 15.2. The predicted octanol–water partition coefficient (Wildman–Crippen LogP) is 4.91. The lowest BCUT2D eigenvalue weighted by atomic mass is 10.1. The van der Waals surface area contributed by atoms with Crippen molar-refractivity contribution in [2.24, 2.45) is 0 Å². The molecule has 4 rings (SSSR count). The van der Waals surface area contributed by atoms with Gasteiger partial charge in [-0.25, -0.2) is 15.0 Å². The van der Waals surface area contributed by atoms with E-state index < -0.39 is 0 Å². The van der Waals surface area contributed by atoms with Crippen LogP contribution in [-0.2, 0) is 0 Å². The minimum atomic E-state index is -0.242. The van der Waals surface area contributed by atoms with E-state index in [2.05, 4.69) is 20.3 Å². The van der Waals surface area contributed by atoms with Crippen molar-refractivity contribution in [3.63, 3.8) is 0 Å². The second-order valence-electron chi connectivity index (χ2n) is 6.11. The maximum absolute atomic E-state index is 12.5. The van der Waals surface area contributed by atoms with Crippen molar-refractivity contribution in [3.8, 4) is 11.3 Å². The van der Waals surface area contributed by atoms with Gasteiger partial charge in [0.15, 0.2) is 5.82 Å². The molecular formula is C21H15ClN4O. The highest BCUT2D eigenvalue weighted by Crippen LogP contribution is 2.24. The van der Waals surface area contributed by atoms with Crippen molar-refractivity contribution in [1.82, 2.24) is 15.0 Å². The molecule has 0 aliphatic carbocycles. The molecule has 0 aliphatic rings. The van der Waals surface area contributed by atoms with Gasteiger partial charge in [-0.2, -0.15) is 0 Å². The number of amides is 1. The molecule has 27 heavy (non-hydrogen) atoms. The number of aromatic nitrogens is 3. The summed E-state index contributed by atoms with van der Waals surface area (Å²) in [5, 5.41) is 3.50. The number of aryl methyl sites for hydroxylation is 1. The average molecular weight is 375 g/mol. The van der Waals surface area contributed by atoms with Crippen LogP contribution in [-0.4, -0.2) is 20.9 Å². The van der Waals surface area contributed by atoms with Gasteiger partial charge in [0.05, 0.1) is 11.2 Å². The van der Waals surface area contributed by atoms with Gasteiger partial charge in [0.25, 0.3) is 5.91 Å². The fourth-order valence-electron chi connectivity index (χ4n) is 2.70. The molecule has 1 N–H and O–H groups in total. The van der Waals surface area contributed by atoms with Gasteiger partial charge in [-0.1, -0.05) is 41.4 Å². The smallest absolute Gasteiger partial charge is 0.256 e. The lowest BCUT2D eigenvalue weighted by Crippen LogP contribution is -2.13. The number of benzene rings is 2. The SMILES string of the molecule is Cc1ccc(C(=O)Nc2ncnc3ccc(-c4ccc(Cl)cc4)nc23)cc1. The van der Waals surface area contributed by atoms with Crippen LogP contribution in [0, 0.1) is 6.92 Å². The van der Waals surface area contributed by atoms with Gasteiger partial charge in [0, 0.05) is 16.1 Å². The number of carbonyl (C=O) groups excluding carboxylic acids is 1. The molecule has 0 radical (unpaired) electrons. The highest BCUT2D eigenvalue weighted by Gasteiger charge is 2.12. The molecular weight excluding hydrogens is 360 g/mol. The maximum Gasteiger partial charge on any atom is 0.256 e. The summed E-state index contributed by atoms with van der Waals surface area (Å²) >= 11 is 5.96. The first kappa shape index (κ1) is 17.1. The Balaban J connectivity index is 1.72. The third-order valence-corrected chi connectivity index (χ3v) is 4.42. The van der Waals surface area contributed by atoms with E-state index in [1.54, 1.807) is 12.1 Å². The van der Waals surface area contributed by atoms with E-state index in [1.807, 2.05) is 55.5 Å². The Hall–Kier alpha value is -3.31. The Labute approximate surface area is 161 Å². The summed E-state index contributed by atoms with van der Waals surface area (Å²) in [6, 6.07) is 18.5. The highest BCUT2D eigenvalue weighted by atomic mass is 35.5. The lowest BCUT2D eigenvalue weighted by Gasteiger charge is -2.08. The molecule has 0 saturated carbocycles. The Morgan fingerprint density at radius 1 is 0.926 bits per heavy atom. The molecule has 1 amide bonds. The molecule has 0 saturated heterocycles. The molecule has 2 aromatic carbocycles. The summed E-state index contributed by atoms with van der Waals surface area (Å²) in [6.07, 6.45) is 1.41. The van der Waals surface area contributed by atoms with E-state index in [0.29, 0.717) is 27.4 Å². The van der Waals surface area contributed by atoms with Crippen molar-refractivity contribution >= 4 is 34.4 Å². The van der Waals surface area contributed by atoms with Crippen LogP contribution in [0.25, 0.3) is 22.3 Å². The van der Waals surface area contributed by atoms with Gasteiger partial charge in [0.2, 0.25) is 0 Å². The molecule has 0 atom stereocenters. The number of nitrogens with zero attached hydrogens (tertiary/aromatic N) is 3. The first-order chi connectivity index (χ1) is 13.1. The minimum absolute atomic E-state index is 0.242. The van der Waals surface area contributed by atoms with Crippen LogP contribution in [0.15, 0.2) is 67.0 Å². The molecule has 2 aromatic heterocycles. The fraction of sp³-hybridized carbons (Fsp3) is 0.0476. The van der Waals surface area contributed by atoms with Crippen LogP contribution >= 0.6 is 11.6 Å². The summed E-state index contributed by atoms with van der Waals surface area (Å²) in [5.41, 5.74) is 4.50. The van der Waals surface area contributed by atoms with Crippen LogP contribution in [0.2, 0.25) is 5.02 Å². The van der Waals surface area contributed by atoms with Gasteiger partial charge >= 0.3 is 0 Å². The number of rotatable bonds is 3. The second kappa shape index (κ2) is 7.13. The van der Waals surface area contributed by atoms with Crippen molar-refractivity contribution in [2.75, 3.05) is 5.32 Å².